The number of nitrogens with zero attached hydrogens (tertiary/aromatic N) is 2. The summed E-state index contributed by atoms with van der Waals surface area (Å²) in [5, 5.41) is 7.79. The molecular formula is C13H23N3. The molecule has 0 saturated carbocycles. The van der Waals surface area contributed by atoms with Gasteiger partial charge in [-0.05, 0) is 39.4 Å². The lowest BCUT2D eigenvalue weighted by atomic mass is 10.2. The van der Waals surface area contributed by atoms with Crippen molar-refractivity contribution in [2.45, 2.75) is 39.7 Å². The summed E-state index contributed by atoms with van der Waals surface area (Å²) in [5.74, 6) is 0. The van der Waals surface area contributed by atoms with Gasteiger partial charge in [0, 0.05) is 18.7 Å². The fraction of sp³-hybridized carbons (Fsp3) is 0.615. The van der Waals surface area contributed by atoms with Gasteiger partial charge in [-0.3, -0.25) is 4.68 Å². The molecular weight excluding hydrogens is 198 g/mol. The highest BCUT2D eigenvalue weighted by molar-refractivity contribution is 5.05. The Morgan fingerprint density at radius 3 is 2.88 bits per heavy atom. The van der Waals surface area contributed by atoms with Crippen LogP contribution in [0, 0.1) is 0 Å². The van der Waals surface area contributed by atoms with Crippen LogP contribution in [0.4, 0.5) is 0 Å². The Balaban J connectivity index is 2.25. The van der Waals surface area contributed by atoms with Gasteiger partial charge >= 0.3 is 0 Å². The predicted octanol–water partition coefficient (Wildman–Crippen LogP) is 2.56. The number of allylic oxidation sites excluding steroid dienone is 1. The van der Waals surface area contributed by atoms with E-state index in [1.165, 1.54) is 0 Å². The first-order chi connectivity index (χ1) is 7.74. The van der Waals surface area contributed by atoms with E-state index in [0.717, 1.165) is 31.6 Å². The fourth-order valence-corrected chi connectivity index (χ4v) is 1.46. The van der Waals surface area contributed by atoms with Crippen LogP contribution in [0.5, 0.6) is 0 Å². The van der Waals surface area contributed by atoms with E-state index in [4.69, 9.17) is 0 Å². The molecule has 16 heavy (non-hydrogen) atoms. The minimum atomic E-state index is 0.450. The summed E-state index contributed by atoms with van der Waals surface area (Å²) < 4.78 is 2.00. The summed E-state index contributed by atoms with van der Waals surface area (Å²) in [6, 6.07) is 2.54. The molecule has 0 atom stereocenters. The third-order valence-electron chi connectivity index (χ3n) is 2.42. The number of hydrogen-bond acceptors (Lipinski definition) is 2. The zero-order valence-electron chi connectivity index (χ0n) is 10.6. The molecule has 0 saturated heterocycles. The maximum atomic E-state index is 4.49. The second-order valence-electron chi connectivity index (χ2n) is 4.20. The van der Waals surface area contributed by atoms with Crippen LogP contribution in [0.3, 0.4) is 0 Å². The first-order valence-corrected chi connectivity index (χ1v) is 6.13. The Kier molecular flexibility index (Phi) is 5.86. The van der Waals surface area contributed by atoms with Crippen molar-refractivity contribution in [3.05, 3.63) is 30.1 Å². The van der Waals surface area contributed by atoms with Crippen LogP contribution in [0.25, 0.3) is 0 Å². The lowest BCUT2D eigenvalue weighted by Crippen LogP contribution is -2.12. The first kappa shape index (κ1) is 13.0. The minimum absolute atomic E-state index is 0.450. The maximum Gasteiger partial charge on any atom is 0.0662 e. The summed E-state index contributed by atoms with van der Waals surface area (Å²) in [4.78, 5) is 0. The Morgan fingerprint density at radius 2 is 2.25 bits per heavy atom. The summed E-state index contributed by atoms with van der Waals surface area (Å²) in [6.07, 6.45) is 8.50. The van der Waals surface area contributed by atoms with Crippen LogP contribution in [0.2, 0.25) is 0 Å². The highest BCUT2D eigenvalue weighted by atomic mass is 15.3. The molecule has 0 aliphatic carbocycles. The summed E-state index contributed by atoms with van der Waals surface area (Å²) in [7, 11) is 0. The van der Waals surface area contributed by atoms with E-state index < -0.39 is 0 Å². The number of nitrogens with one attached hydrogen (secondary N) is 1. The fourth-order valence-electron chi connectivity index (χ4n) is 1.46. The van der Waals surface area contributed by atoms with Gasteiger partial charge in [-0.2, -0.15) is 5.10 Å². The summed E-state index contributed by atoms with van der Waals surface area (Å²) >= 11 is 0. The topological polar surface area (TPSA) is 29.9 Å². The van der Waals surface area contributed by atoms with E-state index in [1.807, 2.05) is 10.9 Å². The molecule has 1 rings (SSSR count). The largest absolute Gasteiger partial charge is 0.317 e. The Labute approximate surface area is 98.5 Å². The van der Waals surface area contributed by atoms with Gasteiger partial charge in [-0.15, -0.1) is 0 Å². The molecule has 0 aromatic carbocycles. The normalized spacial score (nSPS) is 11.8. The van der Waals surface area contributed by atoms with Crippen LogP contribution >= 0.6 is 0 Å². The maximum absolute atomic E-state index is 4.49. The third kappa shape index (κ3) is 4.62. The van der Waals surface area contributed by atoms with E-state index in [9.17, 15) is 0 Å². The van der Waals surface area contributed by atoms with Crippen LogP contribution in [-0.4, -0.2) is 22.9 Å². The summed E-state index contributed by atoms with van der Waals surface area (Å²) in [6.45, 7) is 8.52. The van der Waals surface area contributed by atoms with Gasteiger partial charge in [0.25, 0.3) is 0 Å². The van der Waals surface area contributed by atoms with E-state index in [1.54, 1.807) is 0 Å². The zero-order chi connectivity index (χ0) is 11.8. The van der Waals surface area contributed by atoms with Crippen LogP contribution < -0.4 is 5.32 Å². The third-order valence-corrected chi connectivity index (χ3v) is 2.42. The van der Waals surface area contributed by atoms with Crippen molar-refractivity contribution in [2.75, 3.05) is 13.1 Å². The SMILES string of the molecule is CCNCCC=CCc1ccn(C(C)C)n1. The van der Waals surface area contributed by atoms with Crippen molar-refractivity contribution >= 4 is 0 Å². The van der Waals surface area contributed by atoms with Crippen molar-refractivity contribution in [3.8, 4) is 0 Å². The minimum Gasteiger partial charge on any atom is -0.317 e. The van der Waals surface area contributed by atoms with Gasteiger partial charge in [0.15, 0.2) is 0 Å². The average Bonchev–Trinajstić information content (AvgIpc) is 2.72. The van der Waals surface area contributed by atoms with Crippen molar-refractivity contribution in [1.82, 2.24) is 15.1 Å². The molecule has 1 heterocycles. The van der Waals surface area contributed by atoms with Gasteiger partial charge in [0.2, 0.25) is 0 Å². The van der Waals surface area contributed by atoms with Gasteiger partial charge in [-0.25, -0.2) is 0 Å². The van der Waals surface area contributed by atoms with Gasteiger partial charge in [0.1, 0.15) is 0 Å². The molecule has 0 amide bonds. The highest BCUT2D eigenvalue weighted by Crippen LogP contribution is 2.05. The summed E-state index contributed by atoms with van der Waals surface area (Å²) in [5.41, 5.74) is 1.15. The van der Waals surface area contributed by atoms with Crippen LogP contribution in [-0.2, 0) is 6.42 Å². The molecule has 0 aliphatic rings. The standard InChI is InChI=1S/C13H23N3/c1-4-14-10-7-5-6-8-13-9-11-16(15-13)12(2)3/h5-6,9,11-12,14H,4,7-8,10H2,1-3H3. The zero-order valence-corrected chi connectivity index (χ0v) is 10.6. The average molecular weight is 221 g/mol. The molecule has 0 bridgehead atoms. The molecule has 1 aromatic rings. The second kappa shape index (κ2) is 7.23. The van der Waals surface area contributed by atoms with Gasteiger partial charge < -0.3 is 5.32 Å². The smallest absolute Gasteiger partial charge is 0.0662 e. The first-order valence-electron chi connectivity index (χ1n) is 6.13. The Morgan fingerprint density at radius 1 is 1.44 bits per heavy atom. The molecule has 0 spiro atoms. The van der Waals surface area contributed by atoms with E-state index >= 15 is 0 Å². The molecule has 3 nitrogen and oxygen atoms in total. The molecule has 0 fully saturated rings. The van der Waals surface area contributed by atoms with E-state index in [0.29, 0.717) is 6.04 Å². The number of hydrogen-bond donors (Lipinski definition) is 1. The molecule has 1 N–H and O–H groups in total. The quantitative estimate of drug-likeness (QED) is 0.566. The molecule has 0 radical (unpaired) electrons. The van der Waals surface area contributed by atoms with Crippen molar-refractivity contribution in [1.29, 1.82) is 0 Å². The lowest BCUT2D eigenvalue weighted by Gasteiger charge is -2.03. The van der Waals surface area contributed by atoms with E-state index in [2.05, 4.69) is 49.4 Å². The number of aromatic nitrogens is 2. The van der Waals surface area contributed by atoms with Gasteiger partial charge in [0.05, 0.1) is 5.69 Å². The second-order valence-corrected chi connectivity index (χ2v) is 4.20. The number of rotatable bonds is 7. The van der Waals surface area contributed by atoms with Gasteiger partial charge in [-0.1, -0.05) is 19.1 Å². The van der Waals surface area contributed by atoms with E-state index in [-0.39, 0.29) is 0 Å². The Bertz CT molecular complexity index is 313. The molecule has 1 aromatic heterocycles. The molecule has 90 valence electrons. The molecule has 0 unspecified atom stereocenters. The monoisotopic (exact) mass is 221 g/mol. The Hall–Kier alpha value is -1.09. The molecule has 3 heteroatoms. The predicted molar refractivity (Wildman–Crippen MR) is 68.6 cm³/mol. The highest BCUT2D eigenvalue weighted by Gasteiger charge is 1.99. The van der Waals surface area contributed by atoms with Crippen LogP contribution in [0.1, 0.15) is 38.9 Å². The van der Waals surface area contributed by atoms with Crippen molar-refractivity contribution in [2.24, 2.45) is 0 Å². The van der Waals surface area contributed by atoms with Crippen molar-refractivity contribution in [3.63, 3.8) is 0 Å². The van der Waals surface area contributed by atoms with Crippen LogP contribution in [0.15, 0.2) is 24.4 Å². The van der Waals surface area contributed by atoms with Crippen molar-refractivity contribution < 1.29 is 0 Å². The lowest BCUT2D eigenvalue weighted by molar-refractivity contribution is 0.528. The molecule has 0 aliphatic heterocycles.